The number of rotatable bonds is 2. The average Bonchev–Trinajstić information content (AvgIpc) is 2.96. The van der Waals surface area contributed by atoms with Gasteiger partial charge in [0.05, 0.1) is 18.1 Å². The summed E-state index contributed by atoms with van der Waals surface area (Å²) < 4.78 is 3.02. The van der Waals surface area contributed by atoms with Crippen molar-refractivity contribution in [3.05, 3.63) is 35.9 Å². The Balaban J connectivity index is 2.30. The van der Waals surface area contributed by atoms with Crippen molar-refractivity contribution in [1.29, 1.82) is 0 Å². The Morgan fingerprint density at radius 3 is 2.79 bits per heavy atom. The molecule has 96 valence electrons. The zero-order valence-electron chi connectivity index (χ0n) is 10.4. The highest BCUT2D eigenvalue weighted by Crippen LogP contribution is 2.22. The van der Waals surface area contributed by atoms with Gasteiger partial charge in [0.15, 0.2) is 11.3 Å². The van der Waals surface area contributed by atoms with E-state index in [9.17, 15) is 9.90 Å². The predicted molar refractivity (Wildman–Crippen MR) is 66.9 cm³/mol. The Morgan fingerprint density at radius 2 is 2.16 bits per heavy atom. The monoisotopic (exact) mass is 257 g/mol. The number of fused-ring (bicyclic) bond motifs is 1. The summed E-state index contributed by atoms with van der Waals surface area (Å²) in [5, 5.41) is 17.3. The molecule has 0 saturated heterocycles. The minimum atomic E-state index is -1.04. The van der Waals surface area contributed by atoms with Crippen molar-refractivity contribution in [3.8, 4) is 11.3 Å². The molecule has 0 fully saturated rings. The molecule has 0 atom stereocenters. The molecule has 0 aliphatic heterocycles. The van der Waals surface area contributed by atoms with Gasteiger partial charge in [-0.1, -0.05) is 0 Å². The summed E-state index contributed by atoms with van der Waals surface area (Å²) in [5.41, 5.74) is 2.89. The molecule has 0 spiro atoms. The van der Waals surface area contributed by atoms with E-state index in [2.05, 4.69) is 15.2 Å². The number of aryl methyl sites for hydroxylation is 1. The van der Waals surface area contributed by atoms with Crippen LogP contribution in [0.3, 0.4) is 0 Å². The zero-order valence-corrected chi connectivity index (χ0v) is 10.4. The van der Waals surface area contributed by atoms with Crippen molar-refractivity contribution in [2.45, 2.75) is 6.92 Å². The van der Waals surface area contributed by atoms with Crippen LogP contribution in [0, 0.1) is 6.92 Å². The molecule has 0 radical (unpaired) electrons. The molecule has 0 bridgehead atoms. The van der Waals surface area contributed by atoms with Gasteiger partial charge in [-0.25, -0.2) is 14.3 Å². The highest BCUT2D eigenvalue weighted by Gasteiger charge is 2.15. The van der Waals surface area contributed by atoms with E-state index in [-0.39, 0.29) is 5.69 Å². The maximum atomic E-state index is 11.3. The maximum absolute atomic E-state index is 11.3. The third-order valence-electron chi connectivity index (χ3n) is 3.09. The summed E-state index contributed by atoms with van der Waals surface area (Å²) >= 11 is 0. The van der Waals surface area contributed by atoms with Gasteiger partial charge in [-0.05, 0) is 13.0 Å². The van der Waals surface area contributed by atoms with E-state index in [1.54, 1.807) is 16.9 Å². The van der Waals surface area contributed by atoms with Crippen LogP contribution in [-0.4, -0.2) is 35.5 Å². The standard InChI is InChI=1S/C12H11N5O2/c1-7-8(6-14-16(7)2)9-5-10(12(18)19)17-11(15-9)3-4-13-17/h3-6H,1-2H3,(H,18,19). The van der Waals surface area contributed by atoms with Crippen LogP contribution in [0.5, 0.6) is 0 Å². The predicted octanol–water partition coefficient (Wildman–Crippen LogP) is 1.14. The van der Waals surface area contributed by atoms with Crippen LogP contribution < -0.4 is 0 Å². The van der Waals surface area contributed by atoms with Crippen molar-refractivity contribution in [2.75, 3.05) is 0 Å². The fourth-order valence-electron chi connectivity index (χ4n) is 1.95. The minimum absolute atomic E-state index is 0.0771. The van der Waals surface area contributed by atoms with Gasteiger partial charge in [0, 0.05) is 24.4 Å². The van der Waals surface area contributed by atoms with Gasteiger partial charge in [0.1, 0.15) is 0 Å². The molecule has 3 rings (SSSR count). The van der Waals surface area contributed by atoms with Gasteiger partial charge in [-0.3, -0.25) is 4.68 Å². The number of nitrogens with zero attached hydrogens (tertiary/aromatic N) is 5. The molecule has 3 aromatic rings. The number of aromatic carboxylic acids is 1. The van der Waals surface area contributed by atoms with Crippen LogP contribution in [0.2, 0.25) is 0 Å². The van der Waals surface area contributed by atoms with E-state index < -0.39 is 5.97 Å². The lowest BCUT2D eigenvalue weighted by atomic mass is 10.1. The van der Waals surface area contributed by atoms with E-state index in [0.717, 1.165) is 11.3 Å². The Morgan fingerprint density at radius 1 is 1.37 bits per heavy atom. The molecule has 3 aromatic heterocycles. The summed E-state index contributed by atoms with van der Waals surface area (Å²) in [6.45, 7) is 1.91. The smallest absolute Gasteiger partial charge is 0.354 e. The number of carboxylic acids is 1. The van der Waals surface area contributed by atoms with Gasteiger partial charge in [-0.15, -0.1) is 0 Å². The van der Waals surface area contributed by atoms with Gasteiger partial charge >= 0.3 is 5.97 Å². The van der Waals surface area contributed by atoms with Gasteiger partial charge in [0.25, 0.3) is 0 Å². The number of carbonyl (C=O) groups is 1. The largest absolute Gasteiger partial charge is 0.477 e. The van der Waals surface area contributed by atoms with Crippen LogP contribution in [0.1, 0.15) is 16.2 Å². The maximum Gasteiger partial charge on any atom is 0.354 e. The first-order valence-corrected chi connectivity index (χ1v) is 5.65. The second kappa shape index (κ2) is 3.91. The van der Waals surface area contributed by atoms with E-state index in [4.69, 9.17) is 0 Å². The molecule has 7 heteroatoms. The summed E-state index contributed by atoms with van der Waals surface area (Å²) in [6.07, 6.45) is 3.20. The fourth-order valence-corrected chi connectivity index (χ4v) is 1.95. The number of carboxylic acid groups (broad SMARTS) is 1. The van der Waals surface area contributed by atoms with Crippen molar-refractivity contribution >= 4 is 11.6 Å². The van der Waals surface area contributed by atoms with E-state index >= 15 is 0 Å². The second-order valence-corrected chi connectivity index (χ2v) is 4.20. The van der Waals surface area contributed by atoms with Crippen molar-refractivity contribution in [1.82, 2.24) is 24.4 Å². The van der Waals surface area contributed by atoms with Crippen LogP contribution in [0.25, 0.3) is 16.9 Å². The molecule has 0 unspecified atom stereocenters. The van der Waals surface area contributed by atoms with Gasteiger partial charge in [-0.2, -0.15) is 10.2 Å². The Labute approximate surface area is 108 Å². The molecule has 19 heavy (non-hydrogen) atoms. The first-order chi connectivity index (χ1) is 9.08. The van der Waals surface area contributed by atoms with Gasteiger partial charge in [0.2, 0.25) is 0 Å². The zero-order chi connectivity index (χ0) is 13.6. The fraction of sp³-hybridized carbons (Fsp3) is 0.167. The van der Waals surface area contributed by atoms with Crippen LogP contribution in [0.4, 0.5) is 0 Å². The topological polar surface area (TPSA) is 85.3 Å². The number of hydrogen-bond acceptors (Lipinski definition) is 4. The molecule has 1 N–H and O–H groups in total. The third-order valence-corrected chi connectivity index (χ3v) is 3.09. The van der Waals surface area contributed by atoms with Crippen LogP contribution >= 0.6 is 0 Å². The van der Waals surface area contributed by atoms with Crippen molar-refractivity contribution in [3.63, 3.8) is 0 Å². The quantitative estimate of drug-likeness (QED) is 0.744. The van der Waals surface area contributed by atoms with E-state index in [1.807, 2.05) is 14.0 Å². The normalized spacial score (nSPS) is 11.1. The number of aromatic nitrogens is 5. The summed E-state index contributed by atoms with van der Waals surface area (Å²) in [7, 11) is 1.83. The molecule has 0 aliphatic carbocycles. The molecule has 3 heterocycles. The molecule has 0 saturated carbocycles. The van der Waals surface area contributed by atoms with Crippen molar-refractivity contribution < 1.29 is 9.90 Å². The first-order valence-electron chi connectivity index (χ1n) is 5.65. The molecule has 0 aliphatic rings. The molecule has 0 amide bonds. The minimum Gasteiger partial charge on any atom is -0.477 e. The summed E-state index contributed by atoms with van der Waals surface area (Å²) in [6, 6.07) is 3.17. The summed E-state index contributed by atoms with van der Waals surface area (Å²) in [5.74, 6) is -1.04. The van der Waals surface area contributed by atoms with Crippen LogP contribution in [0.15, 0.2) is 24.5 Å². The number of hydrogen-bond donors (Lipinski definition) is 1. The first kappa shape index (κ1) is 11.4. The molecule has 0 aromatic carbocycles. The van der Waals surface area contributed by atoms with E-state index in [0.29, 0.717) is 11.3 Å². The second-order valence-electron chi connectivity index (χ2n) is 4.20. The Kier molecular flexibility index (Phi) is 2.34. The molecular weight excluding hydrogens is 246 g/mol. The third kappa shape index (κ3) is 1.67. The van der Waals surface area contributed by atoms with Gasteiger partial charge < -0.3 is 5.11 Å². The SMILES string of the molecule is Cc1c(-c2cc(C(=O)O)n3nccc3n2)cnn1C. The molecular formula is C12H11N5O2. The highest BCUT2D eigenvalue weighted by molar-refractivity contribution is 5.88. The summed E-state index contributed by atoms with van der Waals surface area (Å²) in [4.78, 5) is 15.7. The Bertz CT molecular complexity index is 787. The van der Waals surface area contributed by atoms with E-state index in [1.165, 1.54) is 16.8 Å². The lowest BCUT2D eigenvalue weighted by Gasteiger charge is -2.04. The van der Waals surface area contributed by atoms with Crippen LogP contribution in [-0.2, 0) is 7.05 Å². The lowest BCUT2D eigenvalue weighted by molar-refractivity contribution is 0.0687. The lowest BCUT2D eigenvalue weighted by Crippen LogP contribution is -2.08. The highest BCUT2D eigenvalue weighted by atomic mass is 16.4. The average molecular weight is 257 g/mol. The van der Waals surface area contributed by atoms with Crippen molar-refractivity contribution in [2.24, 2.45) is 7.05 Å². The Hall–Kier alpha value is -2.70. The molecule has 7 nitrogen and oxygen atoms in total.